The molecule has 28 heavy (non-hydrogen) atoms. The molecule has 0 N–H and O–H groups in total. The molecule has 10 heteroatoms. The van der Waals surface area contributed by atoms with E-state index in [1.807, 2.05) is 0 Å². The van der Waals surface area contributed by atoms with Crippen molar-refractivity contribution in [2.45, 2.75) is 13.0 Å². The van der Waals surface area contributed by atoms with Gasteiger partial charge in [-0.05, 0) is 37.3 Å². The maximum absolute atomic E-state index is 12.2. The van der Waals surface area contributed by atoms with Gasteiger partial charge in [-0.1, -0.05) is 11.6 Å². The summed E-state index contributed by atoms with van der Waals surface area (Å²) in [6, 6.07) is 8.02. The number of rotatable bonds is 7. The molecule has 1 atom stereocenters. The molecule has 0 aliphatic carbocycles. The minimum atomic E-state index is -1.09. The smallest absolute Gasteiger partial charge is 0.346 e. The molecule has 0 bridgehead atoms. The van der Waals surface area contributed by atoms with Crippen LogP contribution in [0.15, 0.2) is 36.4 Å². The molecular weight excluding hydrogens is 394 g/mol. The van der Waals surface area contributed by atoms with E-state index in [1.165, 1.54) is 51.5 Å². The molecule has 148 valence electrons. The number of nitrogens with zero attached hydrogens (tertiary/aromatic N) is 1. The molecule has 9 nitrogen and oxygen atoms in total. The minimum Gasteiger partial charge on any atom is -0.493 e. The van der Waals surface area contributed by atoms with E-state index in [9.17, 15) is 19.7 Å². The van der Waals surface area contributed by atoms with Gasteiger partial charge in [-0.2, -0.15) is 0 Å². The van der Waals surface area contributed by atoms with Gasteiger partial charge in [-0.3, -0.25) is 10.1 Å². The second-order valence-corrected chi connectivity index (χ2v) is 5.84. The van der Waals surface area contributed by atoms with Crippen LogP contribution in [0.3, 0.4) is 0 Å². The van der Waals surface area contributed by atoms with Crippen molar-refractivity contribution >= 4 is 29.2 Å². The fourth-order valence-electron chi connectivity index (χ4n) is 2.16. The predicted molar refractivity (Wildman–Crippen MR) is 98.1 cm³/mol. The lowest BCUT2D eigenvalue weighted by molar-refractivity contribution is -0.385. The molecule has 0 spiro atoms. The van der Waals surface area contributed by atoms with Gasteiger partial charge >= 0.3 is 17.6 Å². The zero-order valence-electron chi connectivity index (χ0n) is 15.1. The Hall–Kier alpha value is -3.33. The topological polar surface area (TPSA) is 114 Å². The average molecular weight is 410 g/mol. The lowest BCUT2D eigenvalue weighted by atomic mass is 10.2. The van der Waals surface area contributed by atoms with Crippen LogP contribution in [-0.2, 0) is 14.3 Å². The Morgan fingerprint density at radius 3 is 2.36 bits per heavy atom. The number of nitro benzene ring substituents is 1. The average Bonchev–Trinajstić information content (AvgIpc) is 2.68. The summed E-state index contributed by atoms with van der Waals surface area (Å²) in [4.78, 5) is 34.1. The van der Waals surface area contributed by atoms with Gasteiger partial charge in [-0.25, -0.2) is 9.59 Å². The second kappa shape index (κ2) is 9.05. The van der Waals surface area contributed by atoms with Crippen molar-refractivity contribution in [1.82, 2.24) is 0 Å². The lowest BCUT2D eigenvalue weighted by Gasteiger charge is -2.13. The number of benzene rings is 2. The molecule has 2 rings (SSSR count). The van der Waals surface area contributed by atoms with Crippen molar-refractivity contribution in [3.8, 4) is 17.2 Å². The number of halogens is 1. The first-order valence-corrected chi connectivity index (χ1v) is 8.23. The second-order valence-electron chi connectivity index (χ2n) is 5.41. The summed E-state index contributed by atoms with van der Waals surface area (Å²) in [7, 11) is 2.52. The van der Waals surface area contributed by atoms with Crippen LogP contribution in [0, 0.1) is 10.1 Å². The maximum Gasteiger partial charge on any atom is 0.346 e. The van der Waals surface area contributed by atoms with E-state index in [0.717, 1.165) is 6.07 Å². The van der Waals surface area contributed by atoms with Crippen LogP contribution in [0.1, 0.15) is 17.3 Å². The molecule has 0 aliphatic heterocycles. The van der Waals surface area contributed by atoms with Gasteiger partial charge in [-0.15, -0.1) is 0 Å². The van der Waals surface area contributed by atoms with Crippen molar-refractivity contribution in [2.75, 3.05) is 14.2 Å². The zero-order chi connectivity index (χ0) is 20.8. The SMILES string of the molecule is COC(=O)[C@H](C)OC(=O)c1ccc(Oc2ccc(Cl)cc2[N+](=O)[O-])c(OC)c1. The maximum atomic E-state index is 12.2. The fourth-order valence-corrected chi connectivity index (χ4v) is 2.33. The van der Waals surface area contributed by atoms with Gasteiger partial charge in [0.15, 0.2) is 17.6 Å². The molecule has 0 heterocycles. The van der Waals surface area contributed by atoms with Crippen LogP contribution in [0.4, 0.5) is 5.69 Å². The Morgan fingerprint density at radius 2 is 1.75 bits per heavy atom. The minimum absolute atomic E-state index is 0.0534. The van der Waals surface area contributed by atoms with Crippen LogP contribution >= 0.6 is 11.6 Å². The monoisotopic (exact) mass is 409 g/mol. The molecular formula is C18H16ClNO8. The Morgan fingerprint density at radius 1 is 1.07 bits per heavy atom. The summed E-state index contributed by atoms with van der Waals surface area (Å²) < 4.78 is 20.2. The highest BCUT2D eigenvalue weighted by molar-refractivity contribution is 6.30. The number of methoxy groups -OCH3 is 2. The number of carbonyl (C=O) groups excluding carboxylic acids is 2. The Labute approximate surface area is 164 Å². The summed E-state index contributed by atoms with van der Waals surface area (Å²) in [6.07, 6.45) is -1.09. The first-order chi connectivity index (χ1) is 13.3. The molecule has 0 radical (unpaired) electrons. The van der Waals surface area contributed by atoms with E-state index in [1.54, 1.807) is 0 Å². The molecule has 0 unspecified atom stereocenters. The molecule has 2 aromatic carbocycles. The van der Waals surface area contributed by atoms with Gasteiger partial charge in [0.2, 0.25) is 5.75 Å². The highest BCUT2D eigenvalue weighted by Gasteiger charge is 2.22. The van der Waals surface area contributed by atoms with Gasteiger partial charge in [0.25, 0.3) is 0 Å². The summed E-state index contributed by atoms with van der Waals surface area (Å²) >= 11 is 5.78. The Bertz CT molecular complexity index is 914. The summed E-state index contributed by atoms with van der Waals surface area (Å²) in [5.74, 6) is -1.27. The molecule has 0 aromatic heterocycles. The quantitative estimate of drug-likeness (QED) is 0.385. The van der Waals surface area contributed by atoms with Crippen LogP contribution < -0.4 is 9.47 Å². The van der Waals surface area contributed by atoms with E-state index >= 15 is 0 Å². The summed E-state index contributed by atoms with van der Waals surface area (Å²) in [5.41, 5.74) is -0.240. The van der Waals surface area contributed by atoms with Crippen LogP contribution in [-0.4, -0.2) is 37.2 Å². The normalized spacial score (nSPS) is 11.3. The molecule has 0 saturated carbocycles. The fraction of sp³-hybridized carbons (Fsp3) is 0.222. The third-order valence-corrected chi connectivity index (χ3v) is 3.79. The third kappa shape index (κ3) is 4.89. The first kappa shape index (κ1) is 21.0. The van der Waals surface area contributed by atoms with Gasteiger partial charge in [0, 0.05) is 11.1 Å². The highest BCUT2D eigenvalue weighted by atomic mass is 35.5. The van der Waals surface area contributed by atoms with E-state index in [-0.39, 0.29) is 33.5 Å². The third-order valence-electron chi connectivity index (χ3n) is 3.55. The Kier molecular flexibility index (Phi) is 6.78. The van der Waals surface area contributed by atoms with Crippen molar-refractivity contribution in [2.24, 2.45) is 0 Å². The lowest BCUT2D eigenvalue weighted by Crippen LogP contribution is -2.25. The zero-order valence-corrected chi connectivity index (χ0v) is 15.9. The van der Waals surface area contributed by atoms with Crippen molar-refractivity contribution in [3.05, 3.63) is 57.1 Å². The predicted octanol–water partition coefficient (Wildman–Crippen LogP) is 3.77. The van der Waals surface area contributed by atoms with E-state index in [2.05, 4.69) is 4.74 Å². The van der Waals surface area contributed by atoms with Crippen molar-refractivity contribution in [3.63, 3.8) is 0 Å². The van der Waals surface area contributed by atoms with Crippen LogP contribution in [0.25, 0.3) is 0 Å². The van der Waals surface area contributed by atoms with E-state index < -0.39 is 23.0 Å². The molecule has 0 saturated heterocycles. The molecule has 2 aromatic rings. The molecule has 0 amide bonds. The van der Waals surface area contributed by atoms with E-state index in [4.69, 9.17) is 25.8 Å². The van der Waals surface area contributed by atoms with E-state index in [0.29, 0.717) is 0 Å². The molecule has 0 aliphatic rings. The highest BCUT2D eigenvalue weighted by Crippen LogP contribution is 2.38. The largest absolute Gasteiger partial charge is 0.493 e. The van der Waals surface area contributed by atoms with Crippen LogP contribution in [0.2, 0.25) is 5.02 Å². The van der Waals surface area contributed by atoms with Gasteiger partial charge in [0.05, 0.1) is 24.7 Å². The standard InChI is InChI=1S/C18H16ClNO8/c1-10(17(21)26-3)27-18(22)11-4-6-15(16(8-11)25-2)28-14-7-5-12(19)9-13(14)20(23)24/h4-10H,1-3H3/t10-/m0/s1. The number of ether oxygens (including phenoxy) is 4. The number of carbonyl (C=O) groups is 2. The number of nitro groups is 1. The van der Waals surface area contributed by atoms with Gasteiger partial charge < -0.3 is 18.9 Å². The van der Waals surface area contributed by atoms with Crippen molar-refractivity contribution in [1.29, 1.82) is 0 Å². The van der Waals surface area contributed by atoms with Crippen LogP contribution in [0.5, 0.6) is 17.2 Å². The first-order valence-electron chi connectivity index (χ1n) is 7.85. The Balaban J connectivity index is 2.28. The summed E-state index contributed by atoms with van der Waals surface area (Å²) in [6.45, 7) is 1.37. The molecule has 0 fully saturated rings. The van der Waals surface area contributed by atoms with Gasteiger partial charge in [0.1, 0.15) is 0 Å². The number of hydrogen-bond acceptors (Lipinski definition) is 8. The number of hydrogen-bond donors (Lipinski definition) is 0. The number of esters is 2. The summed E-state index contributed by atoms with van der Waals surface area (Å²) in [5, 5.41) is 11.4. The van der Waals surface area contributed by atoms with Crippen molar-refractivity contribution < 1.29 is 33.5 Å².